The number of aromatic nitrogens is 2. The van der Waals surface area contributed by atoms with Crippen LogP contribution >= 0.6 is 0 Å². The molecule has 0 spiro atoms. The number of carboxylic acids is 1. The van der Waals surface area contributed by atoms with Crippen molar-refractivity contribution in [3.05, 3.63) is 17.7 Å². The van der Waals surface area contributed by atoms with Gasteiger partial charge in [0, 0.05) is 19.7 Å². The Bertz CT molecular complexity index is 469. The molecular weight excluding hydrogens is 250 g/mol. The standard InChI is InChI=1S/C12H17N3O4/c16-5-3-8-2-1-4-15(6-8)11(17)9-10(12(18)19)14-7-13-9/h7-8,16H,1-6H2,(H,13,14)(H,18,19). The molecule has 0 radical (unpaired) electrons. The van der Waals surface area contributed by atoms with Gasteiger partial charge in [-0.2, -0.15) is 0 Å². The van der Waals surface area contributed by atoms with Gasteiger partial charge >= 0.3 is 5.97 Å². The van der Waals surface area contributed by atoms with Gasteiger partial charge in [-0.25, -0.2) is 9.78 Å². The zero-order valence-electron chi connectivity index (χ0n) is 10.5. The third-order valence-corrected chi connectivity index (χ3v) is 3.40. The maximum absolute atomic E-state index is 12.3. The maximum Gasteiger partial charge on any atom is 0.354 e. The van der Waals surface area contributed by atoms with Gasteiger partial charge in [-0.3, -0.25) is 4.79 Å². The molecule has 1 fully saturated rings. The lowest BCUT2D eigenvalue weighted by molar-refractivity contribution is 0.0622. The molecule has 19 heavy (non-hydrogen) atoms. The second-order valence-electron chi connectivity index (χ2n) is 4.70. The van der Waals surface area contributed by atoms with Crippen molar-refractivity contribution in [2.24, 2.45) is 5.92 Å². The quantitative estimate of drug-likeness (QED) is 0.729. The monoisotopic (exact) mass is 267 g/mol. The summed E-state index contributed by atoms with van der Waals surface area (Å²) in [5.74, 6) is -1.28. The summed E-state index contributed by atoms with van der Waals surface area (Å²) in [5, 5.41) is 17.9. The Morgan fingerprint density at radius 3 is 3.00 bits per heavy atom. The van der Waals surface area contributed by atoms with Gasteiger partial charge in [0.2, 0.25) is 0 Å². The first-order chi connectivity index (χ1) is 9.13. The average Bonchev–Trinajstić information content (AvgIpc) is 2.88. The molecule has 0 aliphatic carbocycles. The Hall–Kier alpha value is -1.89. The molecular formula is C12H17N3O4. The molecule has 7 nitrogen and oxygen atoms in total. The molecule has 1 unspecified atom stereocenters. The van der Waals surface area contributed by atoms with Gasteiger partial charge < -0.3 is 20.1 Å². The predicted molar refractivity (Wildman–Crippen MR) is 65.9 cm³/mol. The number of nitrogens with one attached hydrogen (secondary N) is 1. The summed E-state index contributed by atoms with van der Waals surface area (Å²) < 4.78 is 0. The first-order valence-corrected chi connectivity index (χ1v) is 6.30. The Balaban J connectivity index is 2.10. The Labute approximate surface area is 110 Å². The molecule has 1 aromatic rings. The zero-order valence-corrected chi connectivity index (χ0v) is 10.5. The SMILES string of the molecule is O=C(O)c1[nH]cnc1C(=O)N1CCCC(CCO)C1. The van der Waals surface area contributed by atoms with E-state index in [9.17, 15) is 9.59 Å². The Morgan fingerprint density at radius 1 is 1.53 bits per heavy atom. The predicted octanol–water partition coefficient (Wildman–Crippen LogP) is 0.342. The Kier molecular flexibility index (Phi) is 4.16. The van der Waals surface area contributed by atoms with Gasteiger partial charge in [0.15, 0.2) is 11.4 Å². The van der Waals surface area contributed by atoms with Crippen LogP contribution in [0, 0.1) is 5.92 Å². The van der Waals surface area contributed by atoms with E-state index in [0.29, 0.717) is 19.5 Å². The molecule has 0 aromatic carbocycles. The molecule has 1 aromatic heterocycles. The van der Waals surface area contributed by atoms with E-state index in [-0.39, 0.29) is 29.8 Å². The second-order valence-corrected chi connectivity index (χ2v) is 4.70. The van der Waals surface area contributed by atoms with E-state index in [1.807, 2.05) is 0 Å². The summed E-state index contributed by atoms with van der Waals surface area (Å²) in [6.07, 6.45) is 3.72. The number of carbonyl (C=O) groups excluding carboxylic acids is 1. The fourth-order valence-corrected chi connectivity index (χ4v) is 2.44. The number of aromatic carboxylic acids is 1. The van der Waals surface area contributed by atoms with E-state index in [1.165, 1.54) is 6.33 Å². The van der Waals surface area contributed by atoms with Crippen LogP contribution in [0.5, 0.6) is 0 Å². The van der Waals surface area contributed by atoms with Crippen LogP contribution in [0.15, 0.2) is 6.33 Å². The number of carbonyl (C=O) groups is 2. The smallest absolute Gasteiger partial charge is 0.354 e. The van der Waals surface area contributed by atoms with Gasteiger partial charge in [0.1, 0.15) is 0 Å². The Morgan fingerprint density at radius 2 is 2.32 bits per heavy atom. The highest BCUT2D eigenvalue weighted by molar-refractivity contribution is 6.02. The minimum atomic E-state index is -1.19. The molecule has 1 saturated heterocycles. The van der Waals surface area contributed by atoms with Crippen LogP contribution in [0.3, 0.4) is 0 Å². The minimum Gasteiger partial charge on any atom is -0.477 e. The van der Waals surface area contributed by atoms with Crippen molar-refractivity contribution in [1.82, 2.24) is 14.9 Å². The van der Waals surface area contributed by atoms with Gasteiger partial charge in [0.05, 0.1) is 6.33 Å². The highest BCUT2D eigenvalue weighted by Crippen LogP contribution is 2.21. The third kappa shape index (κ3) is 2.93. The van der Waals surface area contributed by atoms with Gasteiger partial charge in [-0.1, -0.05) is 0 Å². The topological polar surface area (TPSA) is 107 Å². The number of aromatic amines is 1. The van der Waals surface area contributed by atoms with Gasteiger partial charge in [-0.15, -0.1) is 0 Å². The van der Waals surface area contributed by atoms with Gasteiger partial charge in [-0.05, 0) is 25.2 Å². The lowest BCUT2D eigenvalue weighted by atomic mass is 9.95. The normalized spacial score (nSPS) is 19.4. The van der Waals surface area contributed by atoms with Crippen molar-refractivity contribution in [3.8, 4) is 0 Å². The van der Waals surface area contributed by atoms with Crippen LogP contribution in [0.25, 0.3) is 0 Å². The van der Waals surface area contributed by atoms with Crippen LogP contribution in [0.1, 0.15) is 40.2 Å². The van der Waals surface area contributed by atoms with E-state index in [1.54, 1.807) is 4.90 Å². The highest BCUT2D eigenvalue weighted by Gasteiger charge is 2.28. The summed E-state index contributed by atoms with van der Waals surface area (Å²) in [7, 11) is 0. The third-order valence-electron chi connectivity index (χ3n) is 3.40. The number of carboxylic acid groups (broad SMARTS) is 1. The number of nitrogens with zero attached hydrogens (tertiary/aromatic N) is 2. The number of likely N-dealkylation sites (tertiary alicyclic amines) is 1. The fraction of sp³-hybridized carbons (Fsp3) is 0.583. The van der Waals surface area contributed by atoms with Crippen molar-refractivity contribution < 1.29 is 19.8 Å². The van der Waals surface area contributed by atoms with E-state index >= 15 is 0 Å². The van der Waals surface area contributed by atoms with E-state index < -0.39 is 5.97 Å². The number of piperidine rings is 1. The number of H-pyrrole nitrogens is 1. The molecule has 2 heterocycles. The fourth-order valence-electron chi connectivity index (χ4n) is 2.44. The molecule has 0 saturated carbocycles. The van der Waals surface area contributed by atoms with Gasteiger partial charge in [0.25, 0.3) is 5.91 Å². The summed E-state index contributed by atoms with van der Waals surface area (Å²) in [6.45, 7) is 1.26. The number of imidazole rings is 1. The summed E-state index contributed by atoms with van der Waals surface area (Å²) in [6, 6.07) is 0. The first kappa shape index (κ1) is 13.5. The number of aliphatic hydroxyl groups is 1. The van der Waals surface area contributed by atoms with Crippen LogP contribution in [0.4, 0.5) is 0 Å². The van der Waals surface area contributed by atoms with Crippen molar-refractivity contribution in [2.45, 2.75) is 19.3 Å². The number of hydrogen-bond acceptors (Lipinski definition) is 4. The number of hydrogen-bond donors (Lipinski definition) is 3. The molecule has 1 atom stereocenters. The number of amides is 1. The van der Waals surface area contributed by atoms with Crippen LogP contribution in [-0.2, 0) is 0 Å². The molecule has 0 bridgehead atoms. The molecule has 3 N–H and O–H groups in total. The van der Waals surface area contributed by atoms with E-state index in [4.69, 9.17) is 10.2 Å². The van der Waals surface area contributed by atoms with Crippen molar-refractivity contribution in [2.75, 3.05) is 19.7 Å². The van der Waals surface area contributed by atoms with Crippen LogP contribution in [0.2, 0.25) is 0 Å². The van der Waals surface area contributed by atoms with Crippen molar-refractivity contribution in [3.63, 3.8) is 0 Å². The minimum absolute atomic E-state index is 0.0443. The average molecular weight is 267 g/mol. The highest BCUT2D eigenvalue weighted by atomic mass is 16.4. The van der Waals surface area contributed by atoms with Crippen LogP contribution < -0.4 is 0 Å². The number of aliphatic hydroxyl groups excluding tert-OH is 1. The molecule has 1 amide bonds. The van der Waals surface area contributed by atoms with E-state index in [0.717, 1.165) is 12.8 Å². The van der Waals surface area contributed by atoms with Crippen LogP contribution in [-0.4, -0.2) is 56.7 Å². The molecule has 7 heteroatoms. The first-order valence-electron chi connectivity index (χ1n) is 6.30. The van der Waals surface area contributed by atoms with E-state index in [2.05, 4.69) is 9.97 Å². The number of rotatable bonds is 4. The zero-order chi connectivity index (χ0) is 13.8. The maximum atomic E-state index is 12.3. The summed E-state index contributed by atoms with van der Waals surface area (Å²) in [4.78, 5) is 31.1. The largest absolute Gasteiger partial charge is 0.477 e. The summed E-state index contributed by atoms with van der Waals surface area (Å²) in [5.41, 5.74) is -0.216. The molecule has 2 rings (SSSR count). The second kappa shape index (κ2) is 5.83. The van der Waals surface area contributed by atoms with Crippen molar-refractivity contribution in [1.29, 1.82) is 0 Å². The molecule has 104 valence electrons. The molecule has 1 aliphatic heterocycles. The lowest BCUT2D eigenvalue weighted by Crippen LogP contribution is -2.40. The lowest BCUT2D eigenvalue weighted by Gasteiger charge is -2.32. The summed E-state index contributed by atoms with van der Waals surface area (Å²) >= 11 is 0. The molecule has 1 aliphatic rings. The van der Waals surface area contributed by atoms with Crippen molar-refractivity contribution >= 4 is 11.9 Å².